The first-order valence-electron chi connectivity index (χ1n) is 9.23. The van der Waals surface area contributed by atoms with E-state index in [1.54, 1.807) is 24.1 Å². The summed E-state index contributed by atoms with van der Waals surface area (Å²) < 4.78 is 16.9. The Morgan fingerprint density at radius 2 is 1.82 bits per heavy atom. The number of non-ortho nitro benzene ring substituents is 1. The molecule has 0 aliphatic rings. The van der Waals surface area contributed by atoms with Crippen molar-refractivity contribution in [3.05, 3.63) is 34.4 Å². The number of likely N-dealkylation sites (N-methyl/N-ethyl adjacent to an activating group) is 1. The molecule has 158 valence electrons. The zero-order valence-corrected chi connectivity index (χ0v) is 17.9. The van der Waals surface area contributed by atoms with Gasteiger partial charge in [0.15, 0.2) is 0 Å². The third kappa shape index (κ3) is 9.14. The summed E-state index contributed by atoms with van der Waals surface area (Å²) in [6, 6.07) is 5.40. The largest absolute Gasteiger partial charge is 0.492 e. The number of nitrogens with zero attached hydrogens (tertiary/aromatic N) is 2. The van der Waals surface area contributed by atoms with Crippen LogP contribution in [0.3, 0.4) is 0 Å². The molecule has 1 aromatic rings. The summed E-state index contributed by atoms with van der Waals surface area (Å²) in [6.07, 6.45) is 0. The highest BCUT2D eigenvalue weighted by atomic mass is 16.6. The zero-order valence-electron chi connectivity index (χ0n) is 17.9. The van der Waals surface area contributed by atoms with E-state index in [9.17, 15) is 14.9 Å². The fourth-order valence-corrected chi connectivity index (χ4v) is 2.22. The SMILES string of the molecule is CN(CCOc1cccc([N+](=O)[O-])c1)C(COC(C)(C)C)C(=O)OC(C)(C)C. The first-order valence-corrected chi connectivity index (χ1v) is 9.23. The summed E-state index contributed by atoms with van der Waals surface area (Å²) >= 11 is 0. The summed E-state index contributed by atoms with van der Waals surface area (Å²) in [4.78, 5) is 24.8. The number of esters is 1. The summed E-state index contributed by atoms with van der Waals surface area (Å²) in [5.74, 6) is 0.0389. The summed E-state index contributed by atoms with van der Waals surface area (Å²) in [7, 11) is 1.79. The van der Waals surface area contributed by atoms with Crippen LogP contribution in [0.5, 0.6) is 5.75 Å². The second kappa shape index (κ2) is 9.84. The van der Waals surface area contributed by atoms with Crippen LogP contribution in [0, 0.1) is 10.1 Å². The summed E-state index contributed by atoms with van der Waals surface area (Å²) in [5, 5.41) is 10.8. The molecule has 0 saturated carbocycles. The van der Waals surface area contributed by atoms with E-state index in [0.29, 0.717) is 12.3 Å². The number of nitro benzene ring substituents is 1. The van der Waals surface area contributed by atoms with E-state index in [-0.39, 0.29) is 30.5 Å². The van der Waals surface area contributed by atoms with Crippen LogP contribution in [-0.2, 0) is 14.3 Å². The van der Waals surface area contributed by atoms with Crippen molar-refractivity contribution < 1.29 is 23.9 Å². The molecule has 0 spiro atoms. The first kappa shape index (κ1) is 23.8. The van der Waals surface area contributed by atoms with Gasteiger partial charge in [-0.15, -0.1) is 0 Å². The predicted molar refractivity (Wildman–Crippen MR) is 107 cm³/mol. The van der Waals surface area contributed by atoms with Crippen molar-refractivity contribution >= 4 is 11.7 Å². The highest BCUT2D eigenvalue weighted by molar-refractivity contribution is 5.76. The molecular formula is C20H32N2O6. The van der Waals surface area contributed by atoms with Crippen molar-refractivity contribution in [3.8, 4) is 5.75 Å². The van der Waals surface area contributed by atoms with Gasteiger partial charge in [0.25, 0.3) is 5.69 Å². The van der Waals surface area contributed by atoms with Crippen molar-refractivity contribution in [1.29, 1.82) is 0 Å². The average Bonchev–Trinajstić information content (AvgIpc) is 2.52. The molecular weight excluding hydrogens is 364 g/mol. The Bertz CT molecular complexity index is 663. The maximum Gasteiger partial charge on any atom is 0.326 e. The van der Waals surface area contributed by atoms with Crippen LogP contribution >= 0.6 is 0 Å². The molecule has 1 atom stereocenters. The molecule has 0 bridgehead atoms. The lowest BCUT2D eigenvalue weighted by Crippen LogP contribution is -2.47. The lowest BCUT2D eigenvalue weighted by molar-refractivity contribution is -0.384. The molecule has 0 amide bonds. The van der Waals surface area contributed by atoms with Crippen molar-refractivity contribution in [2.75, 3.05) is 26.8 Å². The number of carbonyl (C=O) groups is 1. The van der Waals surface area contributed by atoms with Gasteiger partial charge in [-0.2, -0.15) is 0 Å². The fourth-order valence-electron chi connectivity index (χ4n) is 2.22. The Labute approximate surface area is 166 Å². The Morgan fingerprint density at radius 1 is 1.18 bits per heavy atom. The Hall–Kier alpha value is -2.19. The van der Waals surface area contributed by atoms with Gasteiger partial charge >= 0.3 is 5.97 Å². The third-order valence-electron chi connectivity index (χ3n) is 3.63. The van der Waals surface area contributed by atoms with Gasteiger partial charge in [0.1, 0.15) is 24.0 Å². The molecule has 0 radical (unpaired) electrons. The molecule has 0 fully saturated rings. The van der Waals surface area contributed by atoms with Crippen molar-refractivity contribution in [1.82, 2.24) is 4.90 Å². The van der Waals surface area contributed by atoms with Crippen LogP contribution in [0.15, 0.2) is 24.3 Å². The van der Waals surface area contributed by atoms with E-state index in [4.69, 9.17) is 14.2 Å². The van der Waals surface area contributed by atoms with Crippen LogP contribution in [0.25, 0.3) is 0 Å². The number of hydrogen-bond donors (Lipinski definition) is 0. The molecule has 0 saturated heterocycles. The van der Waals surface area contributed by atoms with Crippen molar-refractivity contribution in [3.63, 3.8) is 0 Å². The Morgan fingerprint density at radius 3 is 2.36 bits per heavy atom. The van der Waals surface area contributed by atoms with E-state index >= 15 is 0 Å². The minimum atomic E-state index is -0.600. The van der Waals surface area contributed by atoms with E-state index in [0.717, 1.165) is 0 Å². The quantitative estimate of drug-likeness (QED) is 0.359. The maximum absolute atomic E-state index is 12.6. The fraction of sp³-hybridized carbons (Fsp3) is 0.650. The molecule has 0 aliphatic carbocycles. The van der Waals surface area contributed by atoms with E-state index in [1.165, 1.54) is 12.1 Å². The van der Waals surface area contributed by atoms with Crippen molar-refractivity contribution in [2.24, 2.45) is 0 Å². The number of nitro groups is 1. The van der Waals surface area contributed by atoms with Gasteiger partial charge in [-0.1, -0.05) is 6.07 Å². The van der Waals surface area contributed by atoms with Gasteiger partial charge in [-0.25, -0.2) is 0 Å². The summed E-state index contributed by atoms with van der Waals surface area (Å²) in [5.41, 5.74) is -1.02. The van der Waals surface area contributed by atoms with Crippen LogP contribution in [-0.4, -0.2) is 59.8 Å². The Balaban J connectivity index is 2.71. The predicted octanol–water partition coefficient (Wildman–Crippen LogP) is 3.43. The van der Waals surface area contributed by atoms with Gasteiger partial charge in [0.05, 0.1) is 23.2 Å². The van der Waals surface area contributed by atoms with Gasteiger partial charge < -0.3 is 14.2 Å². The standard InChI is InChI=1S/C20H32N2O6/c1-19(2,3)27-14-17(18(23)28-20(4,5)6)21(7)11-12-26-16-10-8-9-15(13-16)22(24)25/h8-10,13,17H,11-12,14H2,1-7H3. The van der Waals surface area contributed by atoms with E-state index in [1.807, 2.05) is 41.5 Å². The van der Waals surface area contributed by atoms with Gasteiger partial charge in [-0.05, 0) is 54.7 Å². The molecule has 1 rings (SSSR count). The molecule has 0 aliphatic heterocycles. The normalized spacial score (nSPS) is 13.3. The second-order valence-corrected chi connectivity index (χ2v) is 8.56. The Kier molecular flexibility index (Phi) is 8.38. The first-order chi connectivity index (χ1) is 12.8. The van der Waals surface area contributed by atoms with Crippen LogP contribution in [0.4, 0.5) is 5.69 Å². The van der Waals surface area contributed by atoms with Crippen LogP contribution in [0.2, 0.25) is 0 Å². The zero-order chi connectivity index (χ0) is 21.5. The molecule has 0 heterocycles. The topological polar surface area (TPSA) is 91.1 Å². The molecule has 28 heavy (non-hydrogen) atoms. The highest BCUT2D eigenvalue weighted by Crippen LogP contribution is 2.19. The highest BCUT2D eigenvalue weighted by Gasteiger charge is 2.30. The lowest BCUT2D eigenvalue weighted by atomic mass is 10.1. The van der Waals surface area contributed by atoms with Gasteiger partial charge in [0.2, 0.25) is 0 Å². The molecule has 8 heteroatoms. The smallest absolute Gasteiger partial charge is 0.326 e. The minimum absolute atomic E-state index is 0.0314. The minimum Gasteiger partial charge on any atom is -0.492 e. The maximum atomic E-state index is 12.6. The lowest BCUT2D eigenvalue weighted by Gasteiger charge is -2.31. The van der Waals surface area contributed by atoms with E-state index in [2.05, 4.69) is 0 Å². The second-order valence-electron chi connectivity index (χ2n) is 8.56. The van der Waals surface area contributed by atoms with Crippen LogP contribution in [0.1, 0.15) is 41.5 Å². The van der Waals surface area contributed by atoms with E-state index < -0.39 is 16.6 Å². The number of benzene rings is 1. The molecule has 0 aromatic heterocycles. The molecule has 0 N–H and O–H groups in total. The number of ether oxygens (including phenoxy) is 3. The number of carbonyl (C=O) groups excluding carboxylic acids is 1. The molecule has 1 unspecified atom stereocenters. The average molecular weight is 396 g/mol. The number of rotatable bonds is 9. The third-order valence-corrected chi connectivity index (χ3v) is 3.63. The van der Waals surface area contributed by atoms with Gasteiger partial charge in [0, 0.05) is 12.6 Å². The molecule has 8 nitrogen and oxygen atoms in total. The van der Waals surface area contributed by atoms with Crippen molar-refractivity contribution in [2.45, 2.75) is 58.8 Å². The monoisotopic (exact) mass is 396 g/mol. The molecule has 1 aromatic carbocycles. The van der Waals surface area contributed by atoms with Crippen LogP contribution < -0.4 is 4.74 Å². The number of hydrogen-bond acceptors (Lipinski definition) is 7. The van der Waals surface area contributed by atoms with Gasteiger partial charge in [-0.3, -0.25) is 19.8 Å². The summed E-state index contributed by atoms with van der Waals surface area (Å²) in [6.45, 7) is 12.1.